The van der Waals surface area contributed by atoms with Crippen molar-refractivity contribution in [3.8, 4) is 0 Å². The van der Waals surface area contributed by atoms with Gasteiger partial charge in [-0.05, 0) is 51.9 Å². The predicted molar refractivity (Wildman–Crippen MR) is 69.0 cm³/mol. The molecule has 0 bridgehead atoms. The Hall–Kier alpha value is -0.450. The molecule has 2 heterocycles. The lowest BCUT2D eigenvalue weighted by Gasteiger charge is -2.21. The van der Waals surface area contributed by atoms with Crippen molar-refractivity contribution in [3.63, 3.8) is 0 Å². The lowest BCUT2D eigenvalue weighted by Crippen LogP contribution is -2.30. The molecule has 2 rings (SSSR count). The third kappa shape index (κ3) is 3.54. The molecule has 0 amide bonds. The zero-order valence-corrected chi connectivity index (χ0v) is 10.8. The molecule has 1 aliphatic heterocycles. The Kier molecular flexibility index (Phi) is 4.75. The number of hydrogen-bond acceptors (Lipinski definition) is 4. The Morgan fingerprint density at radius 2 is 2.56 bits per heavy atom. The molecule has 3 nitrogen and oxygen atoms in total. The van der Waals surface area contributed by atoms with Crippen molar-refractivity contribution >= 4 is 11.3 Å². The summed E-state index contributed by atoms with van der Waals surface area (Å²) in [5.41, 5.74) is 0. The molecule has 0 radical (unpaired) electrons. The summed E-state index contributed by atoms with van der Waals surface area (Å²) in [4.78, 5) is 5.94. The zero-order chi connectivity index (χ0) is 11.2. The van der Waals surface area contributed by atoms with Crippen LogP contribution in [0.3, 0.4) is 0 Å². The van der Waals surface area contributed by atoms with E-state index in [1.807, 2.05) is 24.6 Å². The van der Waals surface area contributed by atoms with Gasteiger partial charge >= 0.3 is 0 Å². The van der Waals surface area contributed by atoms with Gasteiger partial charge in [0.2, 0.25) is 0 Å². The van der Waals surface area contributed by atoms with Crippen LogP contribution in [0.25, 0.3) is 0 Å². The first-order valence-electron chi connectivity index (χ1n) is 6.17. The van der Waals surface area contributed by atoms with Crippen molar-refractivity contribution in [2.75, 3.05) is 26.7 Å². The number of thiazole rings is 1. The minimum Gasteiger partial charge on any atom is -0.319 e. The summed E-state index contributed by atoms with van der Waals surface area (Å²) >= 11 is 1.89. The number of aromatic nitrogens is 1. The van der Waals surface area contributed by atoms with Gasteiger partial charge in [0.25, 0.3) is 0 Å². The molecule has 1 aromatic rings. The summed E-state index contributed by atoms with van der Waals surface area (Å²) in [7, 11) is 2.00. The Bertz CT molecular complexity index is 305. The molecule has 1 atom stereocenters. The van der Waals surface area contributed by atoms with Gasteiger partial charge < -0.3 is 10.6 Å². The van der Waals surface area contributed by atoms with Gasteiger partial charge in [0.1, 0.15) is 0 Å². The molecule has 90 valence electrons. The lowest BCUT2D eigenvalue weighted by atomic mass is 9.97. The van der Waals surface area contributed by atoms with E-state index >= 15 is 0 Å². The molecule has 4 heteroatoms. The van der Waals surface area contributed by atoms with Crippen molar-refractivity contribution in [1.82, 2.24) is 15.6 Å². The fraction of sp³-hybridized carbons (Fsp3) is 0.750. The maximum absolute atomic E-state index is 4.53. The number of nitrogens with one attached hydrogen (secondary N) is 2. The molecule has 0 aromatic carbocycles. The third-order valence-corrected chi connectivity index (χ3v) is 4.16. The highest BCUT2D eigenvalue weighted by Gasteiger charge is 2.15. The minimum atomic E-state index is 0.803. The van der Waals surface area contributed by atoms with E-state index in [0.717, 1.165) is 25.3 Å². The highest BCUT2D eigenvalue weighted by atomic mass is 32.1. The molecule has 1 aliphatic rings. The standard InChI is InChI=1S/C12H21N3S/c1-13-6-4-11-9-15-12(16-11)7-10-3-2-5-14-8-10/h9-10,13-14H,2-8H2,1H3. The molecule has 0 aliphatic carbocycles. The Balaban J connectivity index is 1.81. The van der Waals surface area contributed by atoms with Crippen molar-refractivity contribution in [1.29, 1.82) is 0 Å². The topological polar surface area (TPSA) is 37.0 Å². The van der Waals surface area contributed by atoms with Crippen LogP contribution in [-0.2, 0) is 12.8 Å². The quantitative estimate of drug-likeness (QED) is 0.816. The summed E-state index contributed by atoms with van der Waals surface area (Å²) in [6, 6.07) is 0. The monoisotopic (exact) mass is 239 g/mol. The number of rotatable bonds is 5. The van der Waals surface area contributed by atoms with E-state index in [1.54, 1.807) is 0 Å². The van der Waals surface area contributed by atoms with E-state index in [9.17, 15) is 0 Å². The molecule has 16 heavy (non-hydrogen) atoms. The predicted octanol–water partition coefficient (Wildman–Crippen LogP) is 1.45. The van der Waals surface area contributed by atoms with E-state index in [2.05, 4.69) is 15.6 Å². The smallest absolute Gasteiger partial charge is 0.0930 e. The number of nitrogens with zero attached hydrogens (tertiary/aromatic N) is 1. The second-order valence-corrected chi connectivity index (χ2v) is 5.69. The van der Waals surface area contributed by atoms with Crippen LogP contribution in [0.15, 0.2) is 6.20 Å². The van der Waals surface area contributed by atoms with Gasteiger partial charge in [0.15, 0.2) is 0 Å². The number of piperidine rings is 1. The molecule has 1 fully saturated rings. The maximum atomic E-state index is 4.53. The summed E-state index contributed by atoms with van der Waals surface area (Å²) in [5.74, 6) is 0.803. The molecule has 1 saturated heterocycles. The summed E-state index contributed by atoms with van der Waals surface area (Å²) in [6.45, 7) is 3.42. The normalized spacial score (nSPS) is 21.2. The lowest BCUT2D eigenvalue weighted by molar-refractivity contribution is 0.376. The Labute approximate surface area is 102 Å². The fourth-order valence-corrected chi connectivity index (χ4v) is 3.19. The van der Waals surface area contributed by atoms with Crippen molar-refractivity contribution in [3.05, 3.63) is 16.1 Å². The van der Waals surface area contributed by atoms with E-state index in [4.69, 9.17) is 0 Å². The molecule has 1 unspecified atom stereocenters. The summed E-state index contributed by atoms with van der Waals surface area (Å²) in [5, 5.41) is 7.96. The molecule has 2 N–H and O–H groups in total. The van der Waals surface area contributed by atoms with Gasteiger partial charge in [-0.1, -0.05) is 0 Å². The number of hydrogen-bond donors (Lipinski definition) is 2. The molecular formula is C12H21N3S. The summed E-state index contributed by atoms with van der Waals surface area (Å²) < 4.78 is 0. The van der Waals surface area contributed by atoms with Crippen molar-refractivity contribution in [2.24, 2.45) is 5.92 Å². The van der Waals surface area contributed by atoms with Gasteiger partial charge in [-0.3, -0.25) is 0 Å². The van der Waals surface area contributed by atoms with Crippen LogP contribution in [-0.4, -0.2) is 31.7 Å². The second-order valence-electron chi connectivity index (χ2n) is 4.49. The first kappa shape index (κ1) is 12.0. The van der Waals surface area contributed by atoms with Gasteiger partial charge in [-0.2, -0.15) is 0 Å². The molecular weight excluding hydrogens is 218 g/mol. The Morgan fingerprint density at radius 3 is 3.31 bits per heavy atom. The van der Waals surface area contributed by atoms with Crippen LogP contribution in [0.5, 0.6) is 0 Å². The highest BCUT2D eigenvalue weighted by molar-refractivity contribution is 7.11. The van der Waals surface area contributed by atoms with Crippen molar-refractivity contribution in [2.45, 2.75) is 25.7 Å². The van der Waals surface area contributed by atoms with Crippen LogP contribution in [0.2, 0.25) is 0 Å². The molecule has 0 spiro atoms. The fourth-order valence-electron chi connectivity index (χ4n) is 2.15. The van der Waals surface area contributed by atoms with Gasteiger partial charge in [-0.25, -0.2) is 4.98 Å². The molecule has 1 aromatic heterocycles. The largest absolute Gasteiger partial charge is 0.319 e. The minimum absolute atomic E-state index is 0.803. The van der Waals surface area contributed by atoms with E-state index < -0.39 is 0 Å². The van der Waals surface area contributed by atoms with Crippen LogP contribution < -0.4 is 10.6 Å². The van der Waals surface area contributed by atoms with Crippen LogP contribution >= 0.6 is 11.3 Å². The SMILES string of the molecule is CNCCc1cnc(CC2CCCNC2)s1. The third-order valence-electron chi connectivity index (χ3n) is 3.09. The van der Waals surface area contributed by atoms with Crippen LogP contribution in [0, 0.1) is 5.92 Å². The first-order valence-corrected chi connectivity index (χ1v) is 6.99. The van der Waals surface area contributed by atoms with Crippen LogP contribution in [0.1, 0.15) is 22.7 Å². The maximum Gasteiger partial charge on any atom is 0.0930 e. The van der Waals surface area contributed by atoms with E-state index in [0.29, 0.717) is 0 Å². The van der Waals surface area contributed by atoms with Gasteiger partial charge in [0, 0.05) is 17.5 Å². The average Bonchev–Trinajstić information content (AvgIpc) is 2.75. The van der Waals surface area contributed by atoms with E-state index in [1.165, 1.54) is 35.8 Å². The average molecular weight is 239 g/mol. The first-order chi connectivity index (χ1) is 7.88. The van der Waals surface area contributed by atoms with E-state index in [-0.39, 0.29) is 0 Å². The van der Waals surface area contributed by atoms with Crippen molar-refractivity contribution < 1.29 is 0 Å². The second kappa shape index (κ2) is 6.33. The van der Waals surface area contributed by atoms with Gasteiger partial charge in [0.05, 0.1) is 5.01 Å². The van der Waals surface area contributed by atoms with Crippen LogP contribution in [0.4, 0.5) is 0 Å². The Morgan fingerprint density at radius 1 is 1.62 bits per heavy atom. The highest BCUT2D eigenvalue weighted by Crippen LogP contribution is 2.20. The zero-order valence-electron chi connectivity index (χ0n) is 9.96. The van der Waals surface area contributed by atoms with Gasteiger partial charge in [-0.15, -0.1) is 11.3 Å². The number of likely N-dealkylation sites (N-methyl/N-ethyl adjacent to an activating group) is 1. The molecule has 0 saturated carbocycles. The summed E-state index contributed by atoms with van der Waals surface area (Å²) in [6.07, 6.45) is 7.00.